The van der Waals surface area contributed by atoms with Crippen molar-refractivity contribution in [1.29, 1.82) is 0 Å². The summed E-state index contributed by atoms with van der Waals surface area (Å²) < 4.78 is 11.6. The number of halogens is 1. The molecule has 0 aliphatic carbocycles. The summed E-state index contributed by atoms with van der Waals surface area (Å²) in [6.45, 7) is 1.01. The van der Waals surface area contributed by atoms with Gasteiger partial charge < -0.3 is 14.4 Å². The molecule has 1 saturated heterocycles. The van der Waals surface area contributed by atoms with E-state index in [4.69, 9.17) is 9.26 Å². The Morgan fingerprint density at radius 3 is 3.11 bits per heavy atom. The van der Waals surface area contributed by atoms with Gasteiger partial charge >= 0.3 is 0 Å². The topological polar surface area (TPSA) is 68.4 Å². The summed E-state index contributed by atoms with van der Waals surface area (Å²) in [5.74, 6) is 0.781. The highest BCUT2D eigenvalue weighted by Crippen LogP contribution is 2.30. The van der Waals surface area contributed by atoms with Gasteiger partial charge in [-0.2, -0.15) is 4.98 Å². The minimum atomic E-state index is -0.470. The van der Waals surface area contributed by atoms with Crippen LogP contribution >= 0.6 is 27.3 Å². The first kappa shape index (κ1) is 12.3. The van der Waals surface area contributed by atoms with Gasteiger partial charge in [-0.25, -0.2) is 0 Å². The van der Waals surface area contributed by atoms with E-state index < -0.39 is 6.10 Å². The molecule has 3 heterocycles. The zero-order valence-electron chi connectivity index (χ0n) is 9.38. The molecular weight excluding hydrogens is 320 g/mol. The van der Waals surface area contributed by atoms with Gasteiger partial charge in [0, 0.05) is 16.5 Å². The number of thiophene rings is 1. The number of hydrogen-bond donors (Lipinski definition) is 1. The molecule has 1 N–H and O–H groups in total. The van der Waals surface area contributed by atoms with Crippen molar-refractivity contribution in [2.45, 2.75) is 18.4 Å². The molecule has 1 fully saturated rings. The van der Waals surface area contributed by atoms with Crippen LogP contribution in [0.5, 0.6) is 0 Å². The maximum absolute atomic E-state index is 9.89. The molecule has 5 nitrogen and oxygen atoms in total. The molecule has 2 atom stereocenters. The van der Waals surface area contributed by atoms with E-state index in [9.17, 15) is 5.11 Å². The third-order valence-corrected chi connectivity index (χ3v) is 4.55. The Kier molecular flexibility index (Phi) is 3.47. The molecule has 3 rings (SSSR count). The van der Waals surface area contributed by atoms with Gasteiger partial charge in [-0.05, 0) is 28.4 Å². The van der Waals surface area contributed by atoms with Crippen molar-refractivity contribution in [3.05, 3.63) is 21.8 Å². The summed E-state index contributed by atoms with van der Waals surface area (Å²) in [6.07, 6.45) is 0.134. The number of rotatable bonds is 2. The Bertz CT molecular complexity index is 542. The lowest BCUT2D eigenvalue weighted by atomic mass is 9.99. The third kappa shape index (κ3) is 2.35. The zero-order chi connectivity index (χ0) is 12.5. The minimum Gasteiger partial charge on any atom is -0.392 e. The largest absolute Gasteiger partial charge is 0.392 e. The van der Waals surface area contributed by atoms with Crippen molar-refractivity contribution in [2.24, 2.45) is 0 Å². The molecule has 96 valence electrons. The van der Waals surface area contributed by atoms with E-state index in [1.165, 1.54) is 11.3 Å². The summed E-state index contributed by atoms with van der Waals surface area (Å²) in [5, 5.41) is 15.8. The SMILES string of the molecule is OC1CCOCC1c1nc(-c2cc(Br)cs2)no1. The number of hydrogen-bond acceptors (Lipinski definition) is 6. The van der Waals surface area contributed by atoms with Crippen LogP contribution in [0.25, 0.3) is 10.7 Å². The van der Waals surface area contributed by atoms with E-state index in [0.29, 0.717) is 31.3 Å². The first-order valence-corrected chi connectivity index (χ1v) is 7.25. The second-order valence-corrected chi connectivity index (χ2v) is 5.95. The van der Waals surface area contributed by atoms with Crippen LogP contribution in [0.4, 0.5) is 0 Å². The monoisotopic (exact) mass is 330 g/mol. The normalized spacial score (nSPS) is 24.3. The molecule has 7 heteroatoms. The first-order chi connectivity index (χ1) is 8.74. The summed E-state index contributed by atoms with van der Waals surface area (Å²) in [7, 11) is 0. The van der Waals surface area contributed by atoms with Gasteiger partial charge in [0.2, 0.25) is 11.7 Å². The smallest absolute Gasteiger partial charge is 0.235 e. The van der Waals surface area contributed by atoms with Gasteiger partial charge in [0.05, 0.1) is 23.5 Å². The molecule has 2 aromatic rings. The quantitative estimate of drug-likeness (QED) is 0.915. The van der Waals surface area contributed by atoms with Crippen LogP contribution < -0.4 is 0 Å². The predicted molar refractivity (Wildman–Crippen MR) is 69.5 cm³/mol. The molecule has 0 radical (unpaired) electrons. The van der Waals surface area contributed by atoms with Crippen molar-refractivity contribution in [3.8, 4) is 10.7 Å². The Hall–Kier alpha value is -0.760. The highest BCUT2D eigenvalue weighted by molar-refractivity contribution is 9.10. The average Bonchev–Trinajstić information content (AvgIpc) is 2.98. The van der Waals surface area contributed by atoms with Crippen molar-refractivity contribution < 1.29 is 14.4 Å². The predicted octanol–water partition coefficient (Wildman–Crippen LogP) is 2.43. The van der Waals surface area contributed by atoms with Crippen LogP contribution in [-0.4, -0.2) is 34.6 Å². The minimum absolute atomic E-state index is 0.219. The maximum atomic E-state index is 9.89. The van der Waals surface area contributed by atoms with E-state index in [1.54, 1.807) is 0 Å². The fourth-order valence-corrected chi connectivity index (χ4v) is 3.23. The molecule has 2 unspecified atom stereocenters. The second kappa shape index (κ2) is 5.08. The maximum Gasteiger partial charge on any atom is 0.235 e. The van der Waals surface area contributed by atoms with E-state index in [-0.39, 0.29) is 5.92 Å². The highest BCUT2D eigenvalue weighted by Gasteiger charge is 2.30. The molecular formula is C11H11BrN2O3S. The van der Waals surface area contributed by atoms with Gasteiger partial charge in [0.25, 0.3) is 0 Å². The Labute approximate surface area is 116 Å². The van der Waals surface area contributed by atoms with E-state index in [2.05, 4.69) is 26.1 Å². The molecule has 0 aromatic carbocycles. The molecule has 1 aliphatic heterocycles. The van der Waals surface area contributed by atoms with E-state index >= 15 is 0 Å². The highest BCUT2D eigenvalue weighted by atomic mass is 79.9. The molecule has 0 amide bonds. The zero-order valence-corrected chi connectivity index (χ0v) is 11.8. The molecule has 18 heavy (non-hydrogen) atoms. The van der Waals surface area contributed by atoms with E-state index in [1.807, 2.05) is 11.4 Å². The third-order valence-electron chi connectivity index (χ3n) is 2.87. The number of aliphatic hydroxyl groups excluding tert-OH is 1. The van der Waals surface area contributed by atoms with Crippen molar-refractivity contribution >= 4 is 27.3 Å². The number of aromatic nitrogens is 2. The number of ether oxygens (including phenoxy) is 1. The first-order valence-electron chi connectivity index (χ1n) is 5.58. The van der Waals surface area contributed by atoms with E-state index in [0.717, 1.165) is 9.35 Å². The lowest BCUT2D eigenvalue weighted by Crippen LogP contribution is -2.30. The van der Waals surface area contributed by atoms with Crippen LogP contribution in [0.3, 0.4) is 0 Å². The molecule has 2 aromatic heterocycles. The Balaban J connectivity index is 1.84. The van der Waals surface area contributed by atoms with Gasteiger partial charge in [-0.3, -0.25) is 0 Å². The summed E-state index contributed by atoms with van der Waals surface area (Å²) in [6, 6.07) is 1.94. The van der Waals surface area contributed by atoms with Gasteiger partial charge in [-0.1, -0.05) is 5.16 Å². The van der Waals surface area contributed by atoms with Crippen LogP contribution in [0.15, 0.2) is 20.4 Å². The van der Waals surface area contributed by atoms with Gasteiger partial charge in [0.1, 0.15) is 0 Å². The average molecular weight is 331 g/mol. The standard InChI is InChI=1S/C11H11BrN2O3S/c12-6-3-9(18-5-6)10-13-11(17-14-10)7-4-16-2-1-8(7)15/h3,5,7-8,15H,1-2,4H2. The van der Waals surface area contributed by atoms with Crippen LogP contribution in [0.1, 0.15) is 18.2 Å². The fourth-order valence-electron chi connectivity index (χ4n) is 1.88. The molecule has 0 spiro atoms. The Morgan fingerprint density at radius 1 is 1.50 bits per heavy atom. The lowest BCUT2D eigenvalue weighted by Gasteiger charge is -2.24. The molecule has 1 aliphatic rings. The summed E-state index contributed by atoms with van der Waals surface area (Å²) in [5.41, 5.74) is 0. The fraction of sp³-hybridized carbons (Fsp3) is 0.455. The van der Waals surface area contributed by atoms with Gasteiger partial charge in [-0.15, -0.1) is 11.3 Å². The van der Waals surface area contributed by atoms with Crippen molar-refractivity contribution in [3.63, 3.8) is 0 Å². The van der Waals surface area contributed by atoms with Crippen LogP contribution in [0.2, 0.25) is 0 Å². The van der Waals surface area contributed by atoms with Gasteiger partial charge in [0.15, 0.2) is 0 Å². The number of nitrogens with zero attached hydrogens (tertiary/aromatic N) is 2. The van der Waals surface area contributed by atoms with Crippen molar-refractivity contribution in [1.82, 2.24) is 10.1 Å². The summed E-state index contributed by atoms with van der Waals surface area (Å²) >= 11 is 4.92. The second-order valence-electron chi connectivity index (χ2n) is 4.12. The van der Waals surface area contributed by atoms with Crippen LogP contribution in [-0.2, 0) is 4.74 Å². The molecule has 0 bridgehead atoms. The summed E-state index contributed by atoms with van der Waals surface area (Å²) in [4.78, 5) is 5.27. The lowest BCUT2D eigenvalue weighted by molar-refractivity contribution is -0.0149. The van der Waals surface area contributed by atoms with Crippen molar-refractivity contribution in [2.75, 3.05) is 13.2 Å². The molecule has 0 saturated carbocycles. The number of aliphatic hydroxyl groups is 1. The Morgan fingerprint density at radius 2 is 2.39 bits per heavy atom. The van der Waals surface area contributed by atoms with Crippen LogP contribution in [0, 0.1) is 0 Å².